The quantitative estimate of drug-likeness (QED) is 0.492. The van der Waals surface area contributed by atoms with Crippen LogP contribution in [0.1, 0.15) is 24.2 Å². The lowest BCUT2D eigenvalue weighted by atomic mass is 10.0. The summed E-state index contributed by atoms with van der Waals surface area (Å²) in [5.41, 5.74) is 4.08. The number of nitrogens with zero attached hydrogens (tertiary/aromatic N) is 2. The predicted octanol–water partition coefficient (Wildman–Crippen LogP) is 4.42. The molecular weight excluding hydrogens is 388 g/mol. The Kier molecular flexibility index (Phi) is 5.80. The molecule has 0 unspecified atom stereocenters. The highest BCUT2D eigenvalue weighted by Crippen LogP contribution is 2.20. The van der Waals surface area contributed by atoms with Crippen LogP contribution in [-0.2, 0) is 4.79 Å². The SMILES string of the molecule is CC(C)[C@H](NC(=O)c1ccccc1)C(=O)Nc1ccc(-n2cnc3ccccc32)cc1. The first-order chi connectivity index (χ1) is 15.0. The Morgan fingerprint density at radius 3 is 2.26 bits per heavy atom. The Balaban J connectivity index is 1.47. The molecule has 0 aliphatic heterocycles. The molecule has 2 amide bonds. The van der Waals surface area contributed by atoms with Crippen LogP contribution in [0.15, 0.2) is 85.2 Å². The summed E-state index contributed by atoms with van der Waals surface area (Å²) >= 11 is 0. The molecule has 1 heterocycles. The standard InChI is InChI=1S/C25H24N4O2/c1-17(2)23(28-24(30)18-8-4-3-5-9-18)25(31)27-19-12-14-20(15-13-19)29-16-26-21-10-6-7-11-22(21)29/h3-17,23H,1-2H3,(H,27,31)(H,28,30)/t23-/m0/s1. The van der Waals surface area contributed by atoms with Crippen LogP contribution in [0.5, 0.6) is 0 Å². The molecule has 0 radical (unpaired) electrons. The van der Waals surface area contributed by atoms with Gasteiger partial charge in [-0.05, 0) is 54.4 Å². The molecule has 6 heteroatoms. The Bertz CT molecular complexity index is 1200. The fourth-order valence-corrected chi connectivity index (χ4v) is 3.44. The minimum Gasteiger partial charge on any atom is -0.340 e. The van der Waals surface area contributed by atoms with Gasteiger partial charge in [-0.2, -0.15) is 0 Å². The fraction of sp³-hybridized carbons (Fsp3) is 0.160. The van der Waals surface area contributed by atoms with E-state index in [1.807, 2.05) is 73.0 Å². The summed E-state index contributed by atoms with van der Waals surface area (Å²) in [4.78, 5) is 29.8. The largest absolute Gasteiger partial charge is 0.340 e. The highest BCUT2D eigenvalue weighted by Gasteiger charge is 2.24. The van der Waals surface area contributed by atoms with Crippen LogP contribution >= 0.6 is 0 Å². The van der Waals surface area contributed by atoms with Gasteiger partial charge in [-0.3, -0.25) is 14.2 Å². The van der Waals surface area contributed by atoms with E-state index in [9.17, 15) is 9.59 Å². The zero-order valence-electron chi connectivity index (χ0n) is 17.4. The molecule has 0 saturated heterocycles. The summed E-state index contributed by atoms with van der Waals surface area (Å²) in [5.74, 6) is -0.582. The van der Waals surface area contributed by atoms with Crippen LogP contribution in [0.25, 0.3) is 16.7 Å². The molecule has 0 fully saturated rings. The first kappa shape index (κ1) is 20.3. The minimum atomic E-state index is -0.648. The molecule has 31 heavy (non-hydrogen) atoms. The lowest BCUT2D eigenvalue weighted by molar-refractivity contribution is -0.118. The molecule has 3 aromatic carbocycles. The number of aromatic nitrogens is 2. The van der Waals surface area contributed by atoms with Crippen molar-refractivity contribution in [3.8, 4) is 5.69 Å². The molecule has 4 rings (SSSR count). The molecule has 2 N–H and O–H groups in total. The second-order valence-corrected chi connectivity index (χ2v) is 7.70. The summed E-state index contributed by atoms with van der Waals surface area (Å²) in [6.45, 7) is 3.81. The molecular formula is C25H24N4O2. The van der Waals surface area contributed by atoms with Crippen LogP contribution in [0.3, 0.4) is 0 Å². The van der Waals surface area contributed by atoms with Crippen molar-refractivity contribution >= 4 is 28.5 Å². The fourth-order valence-electron chi connectivity index (χ4n) is 3.44. The van der Waals surface area contributed by atoms with Crippen molar-refractivity contribution in [2.45, 2.75) is 19.9 Å². The summed E-state index contributed by atoms with van der Waals surface area (Å²) in [6, 6.07) is 23.7. The number of carbonyl (C=O) groups is 2. The summed E-state index contributed by atoms with van der Waals surface area (Å²) < 4.78 is 2.00. The number of carbonyl (C=O) groups excluding carboxylic acids is 2. The smallest absolute Gasteiger partial charge is 0.251 e. The third-order valence-electron chi connectivity index (χ3n) is 5.14. The number of amides is 2. The second kappa shape index (κ2) is 8.83. The van der Waals surface area contributed by atoms with Crippen LogP contribution in [0, 0.1) is 5.92 Å². The highest BCUT2D eigenvalue weighted by atomic mass is 16.2. The number of para-hydroxylation sites is 2. The molecule has 4 aromatic rings. The van der Waals surface area contributed by atoms with Crippen molar-refractivity contribution in [2.24, 2.45) is 5.92 Å². The molecule has 1 atom stereocenters. The van der Waals surface area contributed by atoms with Gasteiger partial charge in [-0.25, -0.2) is 4.98 Å². The third-order valence-corrected chi connectivity index (χ3v) is 5.14. The van der Waals surface area contributed by atoms with Gasteiger partial charge in [0.15, 0.2) is 0 Å². The third kappa shape index (κ3) is 4.48. The van der Waals surface area contributed by atoms with Crippen molar-refractivity contribution in [2.75, 3.05) is 5.32 Å². The summed E-state index contributed by atoms with van der Waals surface area (Å²) in [6.07, 6.45) is 1.78. The second-order valence-electron chi connectivity index (χ2n) is 7.70. The normalized spacial score (nSPS) is 12.0. The average molecular weight is 412 g/mol. The predicted molar refractivity (Wildman–Crippen MR) is 122 cm³/mol. The van der Waals surface area contributed by atoms with Gasteiger partial charge in [-0.1, -0.05) is 44.2 Å². The van der Waals surface area contributed by atoms with Crippen molar-refractivity contribution < 1.29 is 9.59 Å². The van der Waals surface area contributed by atoms with Gasteiger partial charge in [-0.15, -0.1) is 0 Å². The van der Waals surface area contributed by atoms with Gasteiger partial charge in [0.25, 0.3) is 5.91 Å². The Labute approximate surface area is 180 Å². The van der Waals surface area contributed by atoms with E-state index in [0.29, 0.717) is 11.3 Å². The number of benzene rings is 3. The Hall–Kier alpha value is -3.93. The molecule has 0 spiro atoms. The number of hydrogen-bond acceptors (Lipinski definition) is 3. The summed E-state index contributed by atoms with van der Waals surface area (Å²) in [7, 11) is 0. The van der Waals surface area contributed by atoms with E-state index in [0.717, 1.165) is 16.7 Å². The van der Waals surface area contributed by atoms with Crippen LogP contribution in [0.4, 0.5) is 5.69 Å². The number of imidazole rings is 1. The monoisotopic (exact) mass is 412 g/mol. The minimum absolute atomic E-state index is 0.0655. The summed E-state index contributed by atoms with van der Waals surface area (Å²) in [5, 5.41) is 5.75. The van der Waals surface area contributed by atoms with E-state index >= 15 is 0 Å². The molecule has 0 saturated carbocycles. The highest BCUT2D eigenvalue weighted by molar-refractivity contribution is 6.01. The lowest BCUT2D eigenvalue weighted by Gasteiger charge is -2.22. The number of hydrogen-bond donors (Lipinski definition) is 2. The molecule has 1 aromatic heterocycles. The van der Waals surface area contributed by atoms with Crippen LogP contribution in [-0.4, -0.2) is 27.4 Å². The van der Waals surface area contributed by atoms with Gasteiger partial charge in [0.05, 0.1) is 11.0 Å². The van der Waals surface area contributed by atoms with E-state index in [1.54, 1.807) is 30.6 Å². The van der Waals surface area contributed by atoms with E-state index in [1.165, 1.54) is 0 Å². The maximum absolute atomic E-state index is 12.9. The molecule has 0 aliphatic carbocycles. The number of nitrogens with one attached hydrogen (secondary N) is 2. The average Bonchev–Trinajstić information content (AvgIpc) is 3.22. The van der Waals surface area contributed by atoms with Gasteiger partial charge in [0, 0.05) is 16.9 Å². The van der Waals surface area contributed by atoms with Gasteiger partial charge >= 0.3 is 0 Å². The van der Waals surface area contributed by atoms with Gasteiger partial charge in [0.2, 0.25) is 5.91 Å². The first-order valence-electron chi connectivity index (χ1n) is 10.2. The number of fused-ring (bicyclic) bond motifs is 1. The molecule has 156 valence electrons. The maximum Gasteiger partial charge on any atom is 0.251 e. The topological polar surface area (TPSA) is 76.0 Å². The molecule has 0 aliphatic rings. The zero-order chi connectivity index (χ0) is 21.8. The van der Waals surface area contributed by atoms with E-state index < -0.39 is 6.04 Å². The molecule has 0 bridgehead atoms. The van der Waals surface area contributed by atoms with Crippen molar-refractivity contribution in [1.82, 2.24) is 14.9 Å². The van der Waals surface area contributed by atoms with Crippen LogP contribution in [0.2, 0.25) is 0 Å². The lowest BCUT2D eigenvalue weighted by Crippen LogP contribution is -2.47. The first-order valence-corrected chi connectivity index (χ1v) is 10.2. The Morgan fingerprint density at radius 2 is 1.55 bits per heavy atom. The van der Waals surface area contributed by atoms with Crippen molar-refractivity contribution in [3.63, 3.8) is 0 Å². The van der Waals surface area contributed by atoms with E-state index in [4.69, 9.17) is 0 Å². The van der Waals surface area contributed by atoms with E-state index in [-0.39, 0.29) is 17.7 Å². The van der Waals surface area contributed by atoms with Gasteiger partial charge < -0.3 is 10.6 Å². The number of anilines is 1. The van der Waals surface area contributed by atoms with E-state index in [2.05, 4.69) is 15.6 Å². The van der Waals surface area contributed by atoms with Crippen LogP contribution < -0.4 is 10.6 Å². The van der Waals surface area contributed by atoms with Crippen molar-refractivity contribution in [1.29, 1.82) is 0 Å². The Morgan fingerprint density at radius 1 is 0.871 bits per heavy atom. The van der Waals surface area contributed by atoms with Crippen molar-refractivity contribution in [3.05, 3.63) is 90.8 Å². The van der Waals surface area contributed by atoms with Gasteiger partial charge in [0.1, 0.15) is 12.4 Å². The zero-order valence-corrected chi connectivity index (χ0v) is 17.4. The number of rotatable bonds is 6. The molecule has 6 nitrogen and oxygen atoms in total. The maximum atomic E-state index is 12.9.